The minimum atomic E-state index is -1.01. The zero-order chi connectivity index (χ0) is 21.7. The lowest BCUT2D eigenvalue weighted by Crippen LogP contribution is -2.31. The van der Waals surface area contributed by atoms with Crippen LogP contribution in [0, 0.1) is 6.92 Å². The Morgan fingerprint density at radius 1 is 1.32 bits per heavy atom. The molecule has 0 saturated carbocycles. The molecule has 31 heavy (non-hydrogen) atoms. The van der Waals surface area contributed by atoms with Gasteiger partial charge in [-0.15, -0.1) is 10.2 Å². The van der Waals surface area contributed by atoms with E-state index in [2.05, 4.69) is 10.2 Å². The van der Waals surface area contributed by atoms with Crippen molar-refractivity contribution in [1.29, 1.82) is 0 Å². The van der Waals surface area contributed by atoms with E-state index >= 15 is 0 Å². The number of aryl methyl sites for hydroxylation is 1. The highest BCUT2D eigenvalue weighted by Gasteiger charge is 2.47. The Labute approximate surface area is 179 Å². The monoisotopic (exact) mass is 441 g/mol. The summed E-state index contributed by atoms with van der Waals surface area (Å²) < 4.78 is 21.8. The minimum absolute atomic E-state index is 0.00340. The Bertz CT molecular complexity index is 1230. The van der Waals surface area contributed by atoms with Gasteiger partial charge in [0.25, 0.3) is 5.91 Å². The van der Waals surface area contributed by atoms with Gasteiger partial charge in [-0.3, -0.25) is 14.5 Å². The topological polar surface area (TPSA) is 124 Å². The van der Waals surface area contributed by atoms with Gasteiger partial charge in [-0.2, -0.15) is 0 Å². The molecule has 158 valence electrons. The van der Waals surface area contributed by atoms with E-state index in [-0.39, 0.29) is 23.3 Å². The van der Waals surface area contributed by atoms with Crippen LogP contribution in [0.4, 0.5) is 5.13 Å². The number of fused-ring (bicyclic) bond motifs is 1. The fourth-order valence-corrected chi connectivity index (χ4v) is 4.20. The van der Waals surface area contributed by atoms with Crippen LogP contribution < -0.4 is 19.1 Å². The maximum Gasteiger partial charge on any atom is 0.296 e. The van der Waals surface area contributed by atoms with Gasteiger partial charge in [0.1, 0.15) is 11.3 Å². The summed E-state index contributed by atoms with van der Waals surface area (Å²) in [5.41, 5.74) is 1.77. The van der Waals surface area contributed by atoms with E-state index in [9.17, 15) is 14.7 Å². The first-order chi connectivity index (χ1) is 15.0. The maximum atomic E-state index is 13.3. The van der Waals surface area contributed by atoms with Crippen molar-refractivity contribution in [1.82, 2.24) is 10.2 Å². The number of benzene rings is 1. The van der Waals surface area contributed by atoms with E-state index < -0.39 is 23.5 Å². The predicted octanol–water partition coefficient (Wildman–Crippen LogP) is 2.96. The van der Waals surface area contributed by atoms with Crippen molar-refractivity contribution in [3.63, 3.8) is 0 Å². The molecule has 0 saturated heterocycles. The molecule has 1 aromatic carbocycles. The van der Waals surface area contributed by atoms with Crippen molar-refractivity contribution in [2.75, 3.05) is 18.8 Å². The van der Waals surface area contributed by atoms with E-state index in [1.807, 2.05) is 0 Å². The average Bonchev–Trinajstić information content (AvgIpc) is 3.55. The van der Waals surface area contributed by atoms with Gasteiger partial charge in [0.2, 0.25) is 23.5 Å². The van der Waals surface area contributed by atoms with Crippen LogP contribution in [0.25, 0.3) is 0 Å². The number of amides is 1. The fourth-order valence-electron chi connectivity index (χ4n) is 3.62. The van der Waals surface area contributed by atoms with Crippen LogP contribution >= 0.6 is 11.3 Å². The predicted molar refractivity (Wildman–Crippen MR) is 107 cm³/mol. The minimum Gasteiger partial charge on any atom is -0.503 e. The number of rotatable bonds is 5. The molecular weight excluding hydrogens is 426 g/mol. The molecular formula is C20H15N3O7S. The van der Waals surface area contributed by atoms with Crippen LogP contribution in [-0.2, 0) is 4.79 Å². The number of hydrogen-bond donors (Lipinski definition) is 1. The number of anilines is 1. The van der Waals surface area contributed by atoms with Crippen LogP contribution in [0.2, 0.25) is 0 Å². The molecule has 0 bridgehead atoms. The Morgan fingerprint density at radius 3 is 2.84 bits per heavy atom. The van der Waals surface area contributed by atoms with E-state index in [1.165, 1.54) is 23.6 Å². The lowest BCUT2D eigenvalue weighted by atomic mass is 9.94. The average molecular weight is 441 g/mol. The second kappa shape index (κ2) is 7.13. The summed E-state index contributed by atoms with van der Waals surface area (Å²) in [7, 11) is 1.47. The van der Waals surface area contributed by atoms with Gasteiger partial charge in [-0.05, 0) is 36.8 Å². The number of Topliss-reactive ketones (excluding diaryl/α,β-unsaturated/α-hetero) is 1. The second-order valence-electron chi connectivity index (χ2n) is 6.76. The molecule has 3 aromatic rings. The molecule has 11 heteroatoms. The number of methoxy groups -OCH3 is 1. The third-order valence-corrected chi connectivity index (χ3v) is 5.66. The van der Waals surface area contributed by atoms with Crippen molar-refractivity contribution >= 4 is 28.2 Å². The molecule has 5 rings (SSSR count). The summed E-state index contributed by atoms with van der Waals surface area (Å²) in [6.07, 6.45) is 0. The number of hydrogen-bond acceptors (Lipinski definition) is 10. The summed E-state index contributed by atoms with van der Waals surface area (Å²) >= 11 is 1.10. The first kappa shape index (κ1) is 19.1. The van der Waals surface area contributed by atoms with Crippen molar-refractivity contribution in [3.05, 3.63) is 58.2 Å². The Balaban J connectivity index is 1.70. The molecule has 0 aliphatic carbocycles. The lowest BCUT2D eigenvalue weighted by Gasteiger charge is -2.24. The van der Waals surface area contributed by atoms with Crippen LogP contribution in [0.15, 0.2) is 45.5 Å². The number of aromatic nitrogens is 2. The molecule has 10 nitrogen and oxygen atoms in total. The number of aliphatic hydroxyl groups is 1. The van der Waals surface area contributed by atoms with E-state index in [0.29, 0.717) is 28.6 Å². The molecule has 1 unspecified atom stereocenters. The SMILES string of the molecule is COc1cc(C2C(C(=O)c3ccc(C)o3)=C(O)C(=O)N2c2nncs2)cc2c1OCO2. The van der Waals surface area contributed by atoms with Crippen LogP contribution in [0.3, 0.4) is 0 Å². The molecule has 1 atom stereocenters. The first-order valence-corrected chi connectivity index (χ1v) is 9.99. The van der Waals surface area contributed by atoms with E-state index in [0.717, 1.165) is 11.3 Å². The van der Waals surface area contributed by atoms with Gasteiger partial charge in [-0.1, -0.05) is 11.3 Å². The molecule has 0 radical (unpaired) electrons. The zero-order valence-electron chi connectivity index (χ0n) is 16.3. The van der Waals surface area contributed by atoms with Gasteiger partial charge in [0.05, 0.1) is 18.7 Å². The van der Waals surface area contributed by atoms with Crippen molar-refractivity contribution in [2.24, 2.45) is 0 Å². The van der Waals surface area contributed by atoms with Gasteiger partial charge in [-0.25, -0.2) is 0 Å². The fraction of sp³-hybridized carbons (Fsp3) is 0.200. The molecule has 4 heterocycles. The second-order valence-corrected chi connectivity index (χ2v) is 7.57. The summed E-state index contributed by atoms with van der Waals surface area (Å²) in [5.74, 6) is -0.374. The van der Waals surface area contributed by atoms with Crippen molar-refractivity contribution in [2.45, 2.75) is 13.0 Å². The number of ketones is 1. The number of furan rings is 1. The Morgan fingerprint density at radius 2 is 2.16 bits per heavy atom. The highest BCUT2D eigenvalue weighted by atomic mass is 32.1. The lowest BCUT2D eigenvalue weighted by molar-refractivity contribution is -0.117. The summed E-state index contributed by atoms with van der Waals surface area (Å²) in [4.78, 5) is 27.5. The number of carbonyl (C=O) groups excluding carboxylic acids is 2. The smallest absolute Gasteiger partial charge is 0.296 e. The summed E-state index contributed by atoms with van der Waals surface area (Å²) in [6.45, 7) is 1.70. The Hall–Kier alpha value is -3.86. The van der Waals surface area contributed by atoms with Gasteiger partial charge < -0.3 is 23.7 Å². The van der Waals surface area contributed by atoms with E-state index in [1.54, 1.807) is 25.1 Å². The molecule has 2 aliphatic heterocycles. The highest BCUT2D eigenvalue weighted by molar-refractivity contribution is 7.13. The van der Waals surface area contributed by atoms with E-state index in [4.69, 9.17) is 18.6 Å². The Kier molecular flexibility index (Phi) is 4.40. The molecule has 2 aliphatic rings. The highest BCUT2D eigenvalue weighted by Crippen LogP contribution is 2.48. The zero-order valence-corrected chi connectivity index (χ0v) is 17.1. The molecule has 0 fully saturated rings. The standard InChI is InChI=1S/C20H15N3O7S/c1-9-3-4-11(30-9)16(24)14-15(23(19(26)17(14)25)20-22-21-7-31-20)10-5-12(27-2)18-13(6-10)28-8-29-18/h3-7,15,25H,8H2,1-2H3. The molecule has 1 N–H and O–H groups in total. The first-order valence-electron chi connectivity index (χ1n) is 9.11. The van der Waals surface area contributed by atoms with Gasteiger partial charge in [0, 0.05) is 0 Å². The summed E-state index contributed by atoms with van der Waals surface area (Å²) in [5, 5.41) is 18.7. The van der Waals surface area contributed by atoms with Gasteiger partial charge in [0.15, 0.2) is 23.0 Å². The largest absolute Gasteiger partial charge is 0.503 e. The number of nitrogens with zero attached hydrogens (tertiary/aromatic N) is 3. The van der Waals surface area contributed by atoms with Crippen molar-refractivity contribution in [3.8, 4) is 17.2 Å². The number of carbonyl (C=O) groups is 2. The number of aliphatic hydroxyl groups excluding tert-OH is 1. The third-order valence-electron chi connectivity index (χ3n) is 4.97. The normalized spacial score (nSPS) is 17.5. The van der Waals surface area contributed by atoms with Crippen LogP contribution in [0.1, 0.15) is 27.9 Å². The maximum absolute atomic E-state index is 13.3. The molecule has 1 amide bonds. The quantitative estimate of drug-likeness (QED) is 0.595. The number of ether oxygens (including phenoxy) is 3. The van der Waals surface area contributed by atoms with Gasteiger partial charge >= 0.3 is 0 Å². The van der Waals surface area contributed by atoms with Crippen LogP contribution in [0.5, 0.6) is 17.2 Å². The molecule has 2 aromatic heterocycles. The van der Waals surface area contributed by atoms with Crippen molar-refractivity contribution < 1.29 is 33.3 Å². The van der Waals surface area contributed by atoms with Crippen LogP contribution in [-0.4, -0.2) is 40.9 Å². The summed E-state index contributed by atoms with van der Waals surface area (Å²) in [6, 6.07) is 5.37. The third kappa shape index (κ3) is 2.93. The molecule has 0 spiro atoms.